The number of hydrogen-bond acceptors (Lipinski definition) is 12. The number of rotatable bonds is 10. The summed E-state index contributed by atoms with van der Waals surface area (Å²) in [5.74, 6) is -9.04. The van der Waals surface area contributed by atoms with E-state index in [0.29, 0.717) is 82.9 Å². The first-order valence-corrected chi connectivity index (χ1v) is 35.7. The largest absolute Gasteiger partial charge is 0.417 e. The molecule has 3 aliphatic heterocycles. The molecule has 546 valence electrons. The van der Waals surface area contributed by atoms with Gasteiger partial charge >= 0.3 is 6.18 Å². The highest BCUT2D eigenvalue weighted by atomic mass is 35.5. The van der Waals surface area contributed by atoms with Crippen LogP contribution in [0.25, 0.3) is 0 Å². The first-order chi connectivity index (χ1) is 46.2. The topological polar surface area (TPSA) is 270 Å². The summed E-state index contributed by atoms with van der Waals surface area (Å²) in [4.78, 5) is 190. The van der Waals surface area contributed by atoms with E-state index in [1.165, 1.54) is 79.9 Å². The second kappa shape index (κ2) is 34.3. The van der Waals surface area contributed by atoms with Gasteiger partial charge in [0.05, 0.1) is 36.6 Å². The van der Waals surface area contributed by atoms with Crippen LogP contribution in [0, 0.1) is 23.7 Å². The lowest BCUT2D eigenvalue weighted by molar-refractivity contribution is -0.157. The van der Waals surface area contributed by atoms with E-state index in [2.05, 4.69) is 16.0 Å². The number of alkyl halides is 3. The Morgan fingerprint density at radius 1 is 0.612 bits per heavy atom. The molecule has 8 atom stereocenters. The molecule has 1 aromatic rings. The van der Waals surface area contributed by atoms with Crippen LogP contribution in [0.5, 0.6) is 0 Å². The van der Waals surface area contributed by atoms with Gasteiger partial charge < -0.3 is 60.0 Å². The summed E-state index contributed by atoms with van der Waals surface area (Å²) in [5, 5.41) is 8.15. The number of hydrogen-bond donors (Lipinski definition) is 3. The van der Waals surface area contributed by atoms with Crippen LogP contribution in [-0.2, 0) is 70.1 Å². The predicted octanol–water partition coefficient (Wildman–Crippen LogP) is 5.25. The Morgan fingerprint density at radius 2 is 1.20 bits per heavy atom. The number of aryl methyl sites for hydroxylation is 1. The van der Waals surface area contributed by atoms with E-state index in [1.54, 1.807) is 11.8 Å². The number of carbonyl (C=O) groups excluding carboxylic acids is 12. The molecule has 0 radical (unpaired) electrons. The molecule has 0 bridgehead atoms. The minimum absolute atomic E-state index is 0.0398. The molecule has 3 N–H and O–H groups in total. The summed E-state index contributed by atoms with van der Waals surface area (Å²) in [6.07, 6.45) is 4.45. The molecule has 1 aromatic carbocycles. The zero-order valence-corrected chi connectivity index (χ0v) is 60.1. The smallest absolute Gasteiger partial charge is 0.343 e. The number of halogens is 4. The normalized spacial score (nSPS) is 27.0. The van der Waals surface area contributed by atoms with Gasteiger partial charge in [-0.25, -0.2) is 0 Å². The van der Waals surface area contributed by atoms with Crippen LogP contribution in [0.2, 0.25) is 5.02 Å². The monoisotopic (exact) mass is 1400 g/mol. The summed E-state index contributed by atoms with van der Waals surface area (Å²) < 4.78 is 41.5. The Kier molecular flexibility index (Phi) is 27.4. The van der Waals surface area contributed by atoms with Crippen LogP contribution in [0.1, 0.15) is 174 Å². The molecule has 3 heterocycles. The lowest BCUT2D eigenvalue weighted by atomic mass is 9.78. The van der Waals surface area contributed by atoms with Gasteiger partial charge in [-0.05, 0) is 131 Å². The summed E-state index contributed by atoms with van der Waals surface area (Å²) in [6, 6.07) is -5.48. The summed E-state index contributed by atoms with van der Waals surface area (Å²) in [7, 11) is 9.97. The average molecular weight is 1400 g/mol. The third kappa shape index (κ3) is 18.9. The number of likely N-dealkylation sites (tertiary alicyclic amines) is 1. The van der Waals surface area contributed by atoms with Gasteiger partial charge in [0, 0.05) is 69.0 Å². The SMILES string of the molecule is CC[C@H](C)[C@@H]1NC(=O)[C@H](CC(C)C)N(C)C(=O)C[C@@H](C(=O)N2CCCCC2)N(C)C(=O)[C@H](C2CCCCC2)N(C)C(=O)C2(CCCC2)NC(=O)[C@@H]2CCCN2C(=O)[C@H](CCc2ccc(C(F)(F)F)c(Cl)c2)NC(=O)CN(C)C(=O)[C@H](C2CCC2)N(C)C(=O)CN(C)C(=O)CN(C)C1=O. The zero-order valence-electron chi connectivity index (χ0n) is 59.3. The molecule has 28 heteroatoms. The van der Waals surface area contributed by atoms with Crippen LogP contribution < -0.4 is 16.0 Å². The van der Waals surface area contributed by atoms with Gasteiger partial charge in [0.25, 0.3) is 0 Å². The summed E-state index contributed by atoms with van der Waals surface area (Å²) in [6.45, 7) is 6.46. The summed E-state index contributed by atoms with van der Waals surface area (Å²) >= 11 is 6.14. The van der Waals surface area contributed by atoms with E-state index in [-0.39, 0.29) is 56.9 Å². The van der Waals surface area contributed by atoms with Gasteiger partial charge in [-0.15, -0.1) is 0 Å². The summed E-state index contributed by atoms with van der Waals surface area (Å²) in [5.41, 5.74) is -2.34. The van der Waals surface area contributed by atoms with E-state index in [4.69, 9.17) is 11.6 Å². The van der Waals surface area contributed by atoms with E-state index in [1.807, 2.05) is 20.8 Å². The fourth-order valence-corrected chi connectivity index (χ4v) is 15.4. The third-order valence-corrected chi connectivity index (χ3v) is 21.9. The highest BCUT2D eigenvalue weighted by Crippen LogP contribution is 2.39. The van der Waals surface area contributed by atoms with Crippen LogP contribution in [0.4, 0.5) is 13.2 Å². The number of nitrogens with one attached hydrogen (secondary N) is 3. The Labute approximate surface area is 580 Å². The van der Waals surface area contributed by atoms with Gasteiger partial charge in [0.15, 0.2) is 0 Å². The van der Waals surface area contributed by atoms with Gasteiger partial charge in [-0.1, -0.05) is 90.3 Å². The molecule has 0 unspecified atom stereocenters. The highest BCUT2D eigenvalue weighted by Gasteiger charge is 2.52. The number of piperidine rings is 1. The van der Waals surface area contributed by atoms with Crippen molar-refractivity contribution in [2.75, 3.05) is 88.6 Å². The van der Waals surface area contributed by atoms with E-state index < -0.39 is 173 Å². The van der Waals surface area contributed by atoms with Crippen molar-refractivity contribution in [3.63, 3.8) is 0 Å². The highest BCUT2D eigenvalue weighted by molar-refractivity contribution is 6.31. The maximum atomic E-state index is 15.8. The first-order valence-electron chi connectivity index (χ1n) is 35.4. The molecule has 24 nitrogen and oxygen atoms in total. The van der Waals surface area contributed by atoms with Crippen molar-refractivity contribution < 1.29 is 70.7 Å². The number of carbonyl (C=O) groups is 12. The predicted molar refractivity (Wildman–Crippen MR) is 360 cm³/mol. The van der Waals surface area contributed by atoms with Crippen LogP contribution in [0.3, 0.4) is 0 Å². The molecule has 12 amide bonds. The van der Waals surface area contributed by atoms with E-state index >= 15 is 28.8 Å². The van der Waals surface area contributed by atoms with Crippen LogP contribution >= 0.6 is 11.6 Å². The zero-order chi connectivity index (χ0) is 72.2. The first kappa shape index (κ1) is 78.3. The maximum absolute atomic E-state index is 15.8. The number of fused-ring (bicyclic) bond motifs is 1. The Hall–Kier alpha value is -7.06. The number of likely N-dealkylation sites (N-methyl/N-ethyl adjacent to an activating group) is 7. The molecule has 6 aliphatic rings. The molecule has 98 heavy (non-hydrogen) atoms. The minimum atomic E-state index is -4.76. The van der Waals surface area contributed by atoms with Crippen molar-refractivity contribution in [2.24, 2.45) is 23.7 Å². The van der Waals surface area contributed by atoms with Gasteiger partial charge in [-0.3, -0.25) is 57.5 Å². The van der Waals surface area contributed by atoms with Crippen molar-refractivity contribution in [1.29, 1.82) is 0 Å². The van der Waals surface area contributed by atoms with Crippen LogP contribution in [0.15, 0.2) is 18.2 Å². The van der Waals surface area contributed by atoms with Crippen molar-refractivity contribution in [1.82, 2.24) is 60.0 Å². The molecule has 3 saturated carbocycles. The van der Waals surface area contributed by atoms with Gasteiger partial charge in [0.2, 0.25) is 70.9 Å². The van der Waals surface area contributed by atoms with Gasteiger partial charge in [0.1, 0.15) is 47.8 Å². The fourth-order valence-electron chi connectivity index (χ4n) is 15.1. The molecule has 1 spiro atoms. The molecular formula is C70H106ClF3N12O12. The second-order valence-corrected chi connectivity index (χ2v) is 29.5. The van der Waals surface area contributed by atoms with E-state index in [0.717, 1.165) is 58.9 Å². The molecule has 3 aliphatic carbocycles. The van der Waals surface area contributed by atoms with Crippen molar-refractivity contribution >= 4 is 82.5 Å². The van der Waals surface area contributed by atoms with Gasteiger partial charge in [-0.2, -0.15) is 13.2 Å². The molecule has 0 aromatic heterocycles. The standard InChI is InChI=1S/C70H106ClF3N12O12/c1-12-44(4)58-65(95)80(7)41-56(89)78(5)42-57(90)83(10)59(47-25-21-26-47)66(96)79(6)40-54(87)75-50(31-29-45-28-30-48(49(71)38-45)70(72,73)74)63(93)86-36-22-27-51(86)62(92)77-69(32-17-18-33-69)68(98)84(11)60(46-23-15-13-16-24-46)67(97)82(9)53(64(94)85-34-19-14-20-35-85)39-55(88)81(8)52(37-43(2)3)61(91)76-58/h28,30,38,43-44,46-47,50-53,58-60H,12-27,29,31-37,39-42H2,1-11H3,(H,75,87)(H,76,91)(H,77,92)/t44-,50-,51-,52-,53-,58-,59-,60-/m0/s1. The minimum Gasteiger partial charge on any atom is -0.343 e. The Bertz CT molecular complexity index is 3080. The van der Waals surface area contributed by atoms with Crippen molar-refractivity contribution in [3.05, 3.63) is 34.3 Å². The van der Waals surface area contributed by atoms with Crippen LogP contribution in [-0.4, -0.2) is 251 Å². The Balaban J connectivity index is 1.28. The third-order valence-electron chi connectivity index (χ3n) is 21.6. The number of benzene rings is 1. The van der Waals surface area contributed by atoms with Crippen molar-refractivity contribution in [2.45, 2.75) is 223 Å². The lowest BCUT2D eigenvalue weighted by Crippen LogP contribution is -2.65. The maximum Gasteiger partial charge on any atom is 0.417 e. The lowest BCUT2D eigenvalue weighted by Gasteiger charge is -2.43. The quantitative estimate of drug-likeness (QED) is 0.271. The number of amides is 12. The van der Waals surface area contributed by atoms with Crippen molar-refractivity contribution in [3.8, 4) is 0 Å². The molecule has 3 saturated heterocycles. The Morgan fingerprint density at radius 3 is 1.79 bits per heavy atom. The molecule has 6 fully saturated rings. The number of nitrogens with zero attached hydrogens (tertiary/aromatic N) is 9. The average Bonchev–Trinajstić information content (AvgIpc) is 1.35. The second-order valence-electron chi connectivity index (χ2n) is 29.1. The molecule has 7 rings (SSSR count). The fraction of sp³-hybridized carbons (Fsp3) is 0.743. The van der Waals surface area contributed by atoms with E-state index in [9.17, 15) is 41.9 Å². The molecular weight excluding hydrogens is 1290 g/mol.